The van der Waals surface area contributed by atoms with Gasteiger partial charge in [0.05, 0.1) is 10.9 Å². The quantitative estimate of drug-likeness (QED) is 0.665. The van der Waals surface area contributed by atoms with E-state index in [-0.39, 0.29) is 35.0 Å². The number of rotatable bonds is 6. The van der Waals surface area contributed by atoms with Gasteiger partial charge in [0.2, 0.25) is 0 Å². The van der Waals surface area contributed by atoms with Crippen LogP contribution in [0.2, 0.25) is 0 Å². The fourth-order valence-electron chi connectivity index (χ4n) is 3.08. The summed E-state index contributed by atoms with van der Waals surface area (Å²) in [5.41, 5.74) is 0.803. The number of nitrogens with zero attached hydrogens (tertiary/aromatic N) is 3. The molecule has 0 saturated heterocycles. The van der Waals surface area contributed by atoms with Crippen LogP contribution in [0.5, 0.6) is 0 Å². The number of carbonyl (C=O) groups is 1. The molecule has 0 unspecified atom stereocenters. The lowest BCUT2D eigenvalue weighted by atomic mass is 10.0. The summed E-state index contributed by atoms with van der Waals surface area (Å²) in [7, 11) is 0. The fraction of sp³-hybridized carbons (Fsp3) is 0.381. The van der Waals surface area contributed by atoms with E-state index in [4.69, 9.17) is 0 Å². The molecule has 152 valence electrons. The molecule has 3 aromatic heterocycles. The second-order valence-corrected chi connectivity index (χ2v) is 7.76. The SMILES string of the molecule is CC(C)Cn1c(=O)[nH]c(=O)c2c(C(=O)NCc3cccnc3)cc(C(C)C)nc21. The number of aromatic amines is 1. The Hall–Kier alpha value is -3.29. The Morgan fingerprint density at radius 2 is 2.00 bits per heavy atom. The summed E-state index contributed by atoms with van der Waals surface area (Å²) >= 11 is 0. The van der Waals surface area contributed by atoms with Crippen LogP contribution in [0, 0.1) is 5.92 Å². The number of hydrogen-bond acceptors (Lipinski definition) is 5. The Balaban J connectivity index is 2.15. The summed E-state index contributed by atoms with van der Waals surface area (Å²) in [5.74, 6) is -0.219. The van der Waals surface area contributed by atoms with Crippen molar-refractivity contribution in [2.75, 3.05) is 0 Å². The largest absolute Gasteiger partial charge is 0.348 e. The van der Waals surface area contributed by atoms with Crippen LogP contribution in [0.25, 0.3) is 11.0 Å². The number of pyridine rings is 2. The van der Waals surface area contributed by atoms with Gasteiger partial charge in [-0.15, -0.1) is 0 Å². The molecule has 0 aliphatic carbocycles. The summed E-state index contributed by atoms with van der Waals surface area (Å²) < 4.78 is 1.44. The summed E-state index contributed by atoms with van der Waals surface area (Å²) in [6.45, 7) is 8.50. The van der Waals surface area contributed by atoms with Gasteiger partial charge in [-0.3, -0.25) is 24.1 Å². The maximum absolute atomic E-state index is 13.0. The highest BCUT2D eigenvalue weighted by molar-refractivity contribution is 6.05. The minimum absolute atomic E-state index is 0.0196. The molecule has 0 aromatic carbocycles. The Labute approximate surface area is 168 Å². The smallest absolute Gasteiger partial charge is 0.330 e. The topological polar surface area (TPSA) is 110 Å². The van der Waals surface area contributed by atoms with Crippen LogP contribution in [0.1, 0.15) is 55.2 Å². The van der Waals surface area contributed by atoms with Crippen molar-refractivity contribution >= 4 is 16.9 Å². The third-order valence-corrected chi connectivity index (χ3v) is 4.53. The lowest BCUT2D eigenvalue weighted by Crippen LogP contribution is -2.34. The van der Waals surface area contributed by atoms with Gasteiger partial charge in [0.1, 0.15) is 0 Å². The molecule has 8 heteroatoms. The molecule has 0 fully saturated rings. The average molecular weight is 395 g/mol. The third-order valence-electron chi connectivity index (χ3n) is 4.53. The van der Waals surface area contributed by atoms with Crippen molar-refractivity contribution < 1.29 is 4.79 Å². The van der Waals surface area contributed by atoms with E-state index in [0.29, 0.717) is 12.2 Å². The highest BCUT2D eigenvalue weighted by Gasteiger charge is 2.20. The average Bonchev–Trinajstić information content (AvgIpc) is 2.68. The van der Waals surface area contributed by atoms with E-state index >= 15 is 0 Å². The second-order valence-electron chi connectivity index (χ2n) is 7.76. The maximum Gasteiger partial charge on any atom is 0.330 e. The molecule has 0 spiro atoms. The van der Waals surface area contributed by atoms with Gasteiger partial charge in [-0.2, -0.15) is 0 Å². The van der Waals surface area contributed by atoms with E-state index in [2.05, 4.69) is 20.3 Å². The van der Waals surface area contributed by atoms with Crippen LogP contribution in [0.4, 0.5) is 0 Å². The molecular formula is C21H25N5O3. The van der Waals surface area contributed by atoms with Crippen LogP contribution in [-0.4, -0.2) is 25.4 Å². The Kier molecular flexibility index (Phi) is 5.91. The normalized spacial score (nSPS) is 11.4. The van der Waals surface area contributed by atoms with Gasteiger partial charge in [-0.25, -0.2) is 9.78 Å². The van der Waals surface area contributed by atoms with Crippen LogP contribution in [-0.2, 0) is 13.1 Å². The highest BCUT2D eigenvalue weighted by atomic mass is 16.2. The predicted molar refractivity (Wildman–Crippen MR) is 111 cm³/mol. The Bertz CT molecular complexity index is 1150. The molecule has 0 bridgehead atoms. The van der Waals surface area contributed by atoms with Crippen molar-refractivity contribution in [3.05, 3.63) is 68.3 Å². The number of carbonyl (C=O) groups excluding carboxylic acids is 1. The lowest BCUT2D eigenvalue weighted by molar-refractivity contribution is 0.0952. The Morgan fingerprint density at radius 1 is 1.24 bits per heavy atom. The van der Waals surface area contributed by atoms with Crippen molar-refractivity contribution in [1.82, 2.24) is 24.8 Å². The molecule has 0 radical (unpaired) electrons. The number of fused-ring (bicyclic) bond motifs is 1. The minimum atomic E-state index is -0.612. The number of H-pyrrole nitrogens is 1. The minimum Gasteiger partial charge on any atom is -0.348 e. The molecule has 29 heavy (non-hydrogen) atoms. The molecule has 1 amide bonds. The lowest BCUT2D eigenvalue weighted by Gasteiger charge is -2.16. The number of nitrogens with one attached hydrogen (secondary N) is 2. The van der Waals surface area contributed by atoms with Crippen LogP contribution in [0.3, 0.4) is 0 Å². The zero-order chi connectivity index (χ0) is 21.1. The van der Waals surface area contributed by atoms with Gasteiger partial charge < -0.3 is 5.32 Å². The zero-order valence-electron chi connectivity index (χ0n) is 17.0. The van der Waals surface area contributed by atoms with Gasteiger partial charge in [0, 0.05) is 31.2 Å². The van der Waals surface area contributed by atoms with Gasteiger partial charge in [-0.1, -0.05) is 33.8 Å². The first kappa shape index (κ1) is 20.4. The van der Waals surface area contributed by atoms with Gasteiger partial charge in [-0.05, 0) is 29.5 Å². The molecule has 8 nitrogen and oxygen atoms in total. The summed E-state index contributed by atoms with van der Waals surface area (Å²) in [5, 5.41) is 2.95. The standard InChI is InChI=1S/C21H25N5O3/c1-12(2)11-26-18-17(20(28)25-21(26)29)15(8-16(24-18)13(3)4)19(27)23-10-14-6-5-7-22-9-14/h5-9,12-13H,10-11H2,1-4H3,(H,23,27)(H,25,28,29). The number of hydrogen-bond donors (Lipinski definition) is 2. The molecule has 3 aromatic rings. The van der Waals surface area contributed by atoms with Crippen LogP contribution < -0.4 is 16.6 Å². The Morgan fingerprint density at radius 3 is 2.62 bits per heavy atom. The first-order valence-electron chi connectivity index (χ1n) is 9.62. The summed E-state index contributed by atoms with van der Waals surface area (Å²) in [6.07, 6.45) is 3.32. The molecule has 3 heterocycles. The van der Waals surface area contributed by atoms with Gasteiger partial charge in [0.25, 0.3) is 11.5 Å². The molecule has 0 aliphatic rings. The van der Waals surface area contributed by atoms with E-state index in [1.54, 1.807) is 24.5 Å². The number of aromatic nitrogens is 4. The second kappa shape index (κ2) is 8.38. The summed E-state index contributed by atoms with van der Waals surface area (Å²) in [4.78, 5) is 48.9. The van der Waals surface area contributed by atoms with Crippen molar-refractivity contribution in [2.45, 2.75) is 46.7 Å². The van der Waals surface area contributed by atoms with E-state index in [0.717, 1.165) is 5.56 Å². The van der Waals surface area contributed by atoms with Crippen molar-refractivity contribution in [3.8, 4) is 0 Å². The molecule has 0 saturated carbocycles. The van der Waals surface area contributed by atoms with Crippen molar-refractivity contribution in [1.29, 1.82) is 0 Å². The molecule has 0 atom stereocenters. The van der Waals surface area contributed by atoms with E-state index in [1.807, 2.05) is 33.8 Å². The van der Waals surface area contributed by atoms with Crippen molar-refractivity contribution in [3.63, 3.8) is 0 Å². The molecule has 0 aliphatic heterocycles. The van der Waals surface area contributed by atoms with E-state index in [9.17, 15) is 14.4 Å². The first-order chi connectivity index (χ1) is 13.8. The van der Waals surface area contributed by atoms with Crippen molar-refractivity contribution in [2.24, 2.45) is 5.92 Å². The van der Waals surface area contributed by atoms with E-state index in [1.165, 1.54) is 4.57 Å². The molecule has 3 rings (SSSR count). The highest BCUT2D eigenvalue weighted by Crippen LogP contribution is 2.20. The van der Waals surface area contributed by atoms with Gasteiger partial charge >= 0.3 is 5.69 Å². The predicted octanol–water partition coefficient (Wildman–Crippen LogP) is 2.19. The summed E-state index contributed by atoms with van der Waals surface area (Å²) in [6, 6.07) is 5.27. The van der Waals surface area contributed by atoms with Gasteiger partial charge in [0.15, 0.2) is 5.65 Å². The first-order valence-corrected chi connectivity index (χ1v) is 9.62. The number of amides is 1. The maximum atomic E-state index is 13.0. The van der Waals surface area contributed by atoms with Crippen LogP contribution >= 0.6 is 0 Å². The fourth-order valence-corrected chi connectivity index (χ4v) is 3.08. The monoisotopic (exact) mass is 395 g/mol. The molecule has 2 N–H and O–H groups in total. The zero-order valence-corrected chi connectivity index (χ0v) is 17.0. The van der Waals surface area contributed by atoms with E-state index < -0.39 is 17.2 Å². The third kappa shape index (κ3) is 4.42. The van der Waals surface area contributed by atoms with Crippen LogP contribution in [0.15, 0.2) is 40.2 Å². The molecular weight excluding hydrogens is 370 g/mol.